The molecule has 8 aromatic rings. The maximum Gasteiger partial charge on any atom is 0.342 e. The molecule has 4 aliphatic rings. The number of esters is 4. The van der Waals surface area contributed by atoms with Crippen LogP contribution in [0.2, 0.25) is 0 Å². The number of rotatable bonds is 20. The Bertz CT molecular complexity index is 3890. The fourth-order valence-electron chi connectivity index (χ4n) is 13.0. The number of sulfonamides is 1. The first-order chi connectivity index (χ1) is 44.3. The zero-order valence-corrected chi connectivity index (χ0v) is 55.4. The van der Waals surface area contributed by atoms with Gasteiger partial charge in [-0.2, -0.15) is 0 Å². The number of aromatic amines is 4. The summed E-state index contributed by atoms with van der Waals surface area (Å²) in [4.78, 5) is 78.5. The smallest absolute Gasteiger partial charge is 0.342 e. The second-order valence-corrected chi connectivity index (χ2v) is 27.2. The van der Waals surface area contributed by atoms with Crippen LogP contribution in [0.15, 0.2) is 73.8 Å². The molecule has 496 valence electrons. The van der Waals surface area contributed by atoms with Crippen LogP contribution < -0.4 is 26.0 Å². The van der Waals surface area contributed by atoms with E-state index in [4.69, 9.17) is 18.9 Å². The van der Waals surface area contributed by atoms with Crippen LogP contribution in [0.25, 0.3) is 44.1 Å². The Morgan fingerprint density at radius 1 is 0.511 bits per heavy atom. The summed E-state index contributed by atoms with van der Waals surface area (Å²) in [6.45, 7) is 17.3. The highest BCUT2D eigenvalue weighted by Crippen LogP contribution is 2.37. The van der Waals surface area contributed by atoms with Gasteiger partial charge in [0.25, 0.3) is 0 Å². The Hall–Kier alpha value is -8.25. The van der Waals surface area contributed by atoms with Crippen molar-refractivity contribution in [2.45, 2.75) is 176 Å². The molecule has 4 saturated carbocycles. The Labute approximate surface area is 538 Å². The monoisotopic (exact) mass is 1280 g/mol. The number of carbonyl (C=O) groups is 4. The average molecular weight is 1280 g/mol. The van der Waals surface area contributed by atoms with Gasteiger partial charge >= 0.3 is 23.9 Å². The van der Waals surface area contributed by atoms with E-state index in [1.165, 1.54) is 32.6 Å². The molecule has 4 fully saturated rings. The molecule has 0 saturated heterocycles. The van der Waals surface area contributed by atoms with E-state index in [1.807, 2.05) is 70.6 Å². The van der Waals surface area contributed by atoms with Crippen LogP contribution in [0.3, 0.4) is 0 Å². The molecule has 8 aromatic heterocycles. The average Bonchev–Trinajstić information content (AvgIpc) is 1.61. The van der Waals surface area contributed by atoms with Gasteiger partial charge in [0, 0.05) is 102 Å². The zero-order valence-electron chi connectivity index (χ0n) is 54.6. The van der Waals surface area contributed by atoms with Crippen LogP contribution in [0.1, 0.15) is 187 Å². The van der Waals surface area contributed by atoms with Gasteiger partial charge < -0.3 is 60.2 Å². The summed E-state index contributed by atoms with van der Waals surface area (Å²) >= 11 is 0. The number of fused-ring (bicyclic) bond motifs is 4. The number of nitrogens with zero attached hydrogens (tertiary/aromatic N) is 4. The lowest BCUT2D eigenvalue weighted by Crippen LogP contribution is -2.34. The van der Waals surface area contributed by atoms with Crippen LogP contribution in [0.4, 0.5) is 22.7 Å². The van der Waals surface area contributed by atoms with Gasteiger partial charge in [0.15, 0.2) is 0 Å². The number of hydrogen-bond donors (Lipinski definition) is 9. The SMILES string of the molecule is CC1CCC(Nc2c(C(=O)OC(C)C)cnc3[nH]ccc23)C1.CCCOC(=O)c1cnc2[nH]ccc2c1NC1CCC(C)C1.CCNS(=O)(=O)CC1CCC(Nc2c(C(=O)OC)cnc3[nH]ccc23)CC1.CCOC(=O)c1cnc2[nH]ccc2c1NC1CCC(C)C1. The van der Waals surface area contributed by atoms with Crippen molar-refractivity contribution in [3.8, 4) is 0 Å². The number of aromatic nitrogens is 8. The van der Waals surface area contributed by atoms with E-state index in [1.54, 1.807) is 31.7 Å². The van der Waals surface area contributed by atoms with E-state index in [-0.39, 0.29) is 41.7 Å². The van der Waals surface area contributed by atoms with Crippen molar-refractivity contribution in [2.24, 2.45) is 23.7 Å². The van der Waals surface area contributed by atoms with Gasteiger partial charge in [-0.05, 0) is 159 Å². The third-order valence-corrected chi connectivity index (χ3v) is 19.3. The maximum atomic E-state index is 12.4. The molecule has 0 bridgehead atoms. The fourth-order valence-corrected chi connectivity index (χ4v) is 14.5. The quantitative estimate of drug-likeness (QED) is 0.0253. The van der Waals surface area contributed by atoms with Crippen molar-refractivity contribution in [3.63, 3.8) is 0 Å². The van der Waals surface area contributed by atoms with Gasteiger partial charge in [0.2, 0.25) is 10.0 Å². The third kappa shape index (κ3) is 17.5. The lowest BCUT2D eigenvalue weighted by atomic mass is 9.87. The largest absolute Gasteiger partial charge is 0.465 e. The zero-order chi connectivity index (χ0) is 65.5. The van der Waals surface area contributed by atoms with Crippen molar-refractivity contribution in [3.05, 3.63) is 96.1 Å². The van der Waals surface area contributed by atoms with Crippen LogP contribution >= 0.6 is 0 Å². The molecule has 12 rings (SSSR count). The third-order valence-electron chi connectivity index (χ3n) is 17.6. The van der Waals surface area contributed by atoms with Crippen LogP contribution in [0.5, 0.6) is 0 Å². The summed E-state index contributed by atoms with van der Waals surface area (Å²) in [5.74, 6) is 1.17. The molecule has 0 aromatic carbocycles. The van der Waals surface area contributed by atoms with Crippen molar-refractivity contribution in [2.75, 3.05) is 53.9 Å². The standard InChI is InChI=1S/C18H26N4O4S.2C17H23N3O2.C16H21N3O2/c1-3-21-27(24,25)11-12-4-6-13(7-5-12)22-16-14-8-9-19-17(14)20-10-15(16)18(23)26-2;1-10(2)22-17(21)14-9-19-16-13(6-7-18-16)15(14)20-12-5-4-11(3)8-12;1-3-8-22-17(21)14-10-19-16-13(6-7-18-16)15(14)20-12-5-4-11(2)9-12;1-3-21-16(20)13-9-18-15-12(6-7-17-15)14(13)19-11-5-4-10(2)8-11/h8-10,12-13,21H,3-7,11H2,1-2H3,(H2,19,20,22);6-7,9-12H,4-5,8H2,1-3H3,(H2,18,19,20);6-7,10-12H,3-5,8-9H2,1-2H3,(H2,18,19,20);6-7,9-11H,3-5,8H2,1-2H3,(H2,17,18,19). The number of H-pyrrole nitrogens is 4. The number of ether oxygens (including phenoxy) is 4. The molecule has 92 heavy (non-hydrogen) atoms. The van der Waals surface area contributed by atoms with E-state index in [0.29, 0.717) is 65.8 Å². The summed E-state index contributed by atoms with van der Waals surface area (Å²) in [7, 11) is -1.84. The van der Waals surface area contributed by atoms with Gasteiger partial charge in [-0.3, -0.25) is 0 Å². The van der Waals surface area contributed by atoms with Crippen molar-refractivity contribution < 1.29 is 46.5 Å². The first-order valence-corrected chi connectivity index (χ1v) is 34.5. The fraction of sp³-hybridized carbons (Fsp3) is 0.529. The van der Waals surface area contributed by atoms with E-state index >= 15 is 0 Å². The van der Waals surface area contributed by atoms with Gasteiger partial charge in [-0.25, -0.2) is 52.3 Å². The van der Waals surface area contributed by atoms with Crippen molar-refractivity contribution in [1.29, 1.82) is 0 Å². The molecule has 0 aliphatic heterocycles. The number of hydrogen-bond acceptors (Lipinski definition) is 18. The summed E-state index contributed by atoms with van der Waals surface area (Å²) in [6, 6.07) is 9.14. The first-order valence-electron chi connectivity index (χ1n) is 32.9. The Morgan fingerprint density at radius 2 is 0.870 bits per heavy atom. The molecule has 4 aliphatic carbocycles. The molecule has 6 atom stereocenters. The topological polar surface area (TPSA) is 314 Å². The maximum absolute atomic E-state index is 12.4. The minimum absolute atomic E-state index is 0.145. The molecule has 24 heteroatoms. The number of pyridine rings is 4. The Morgan fingerprint density at radius 3 is 1.21 bits per heavy atom. The summed E-state index contributed by atoms with van der Waals surface area (Å²) in [5.41, 5.74) is 8.30. The summed E-state index contributed by atoms with van der Waals surface area (Å²) in [6.07, 6.45) is 28.2. The highest BCUT2D eigenvalue weighted by molar-refractivity contribution is 7.89. The molecule has 0 radical (unpaired) electrons. The lowest BCUT2D eigenvalue weighted by molar-refractivity contribution is 0.0377. The van der Waals surface area contributed by atoms with Crippen LogP contribution in [0, 0.1) is 23.7 Å². The molecule has 23 nitrogen and oxygen atoms in total. The van der Waals surface area contributed by atoms with Gasteiger partial charge in [-0.15, -0.1) is 0 Å². The van der Waals surface area contributed by atoms with Gasteiger partial charge in [0.1, 0.15) is 44.8 Å². The molecular weight excluding hydrogens is 1190 g/mol. The van der Waals surface area contributed by atoms with E-state index < -0.39 is 16.0 Å². The summed E-state index contributed by atoms with van der Waals surface area (Å²) < 4.78 is 47.2. The highest BCUT2D eigenvalue weighted by Gasteiger charge is 2.31. The molecule has 0 spiro atoms. The van der Waals surface area contributed by atoms with Crippen LogP contribution in [-0.2, 0) is 29.0 Å². The van der Waals surface area contributed by atoms with Crippen molar-refractivity contribution in [1.82, 2.24) is 44.6 Å². The minimum atomic E-state index is -3.19. The minimum Gasteiger partial charge on any atom is -0.465 e. The Kier molecular flexibility index (Phi) is 23.6. The Balaban J connectivity index is 0.000000146. The predicted molar refractivity (Wildman–Crippen MR) is 361 cm³/mol. The van der Waals surface area contributed by atoms with E-state index in [0.717, 1.165) is 150 Å². The number of anilines is 4. The first kappa shape index (κ1) is 68.1. The molecular formula is C68H93N13O10S. The van der Waals surface area contributed by atoms with Gasteiger partial charge in [0.05, 0.1) is 54.9 Å². The van der Waals surface area contributed by atoms with E-state index in [2.05, 4.69) is 86.6 Å². The molecule has 8 heterocycles. The van der Waals surface area contributed by atoms with Gasteiger partial charge in [-0.1, -0.05) is 34.6 Å². The summed E-state index contributed by atoms with van der Waals surface area (Å²) in [5, 5.41) is 17.8. The van der Waals surface area contributed by atoms with Crippen molar-refractivity contribution >= 4 is 101 Å². The number of carbonyl (C=O) groups excluding carboxylic acids is 4. The second-order valence-electron chi connectivity index (χ2n) is 25.4. The molecule has 0 amide bonds. The number of nitrogens with one attached hydrogen (secondary N) is 9. The lowest BCUT2D eigenvalue weighted by Gasteiger charge is -2.30. The predicted octanol–water partition coefficient (Wildman–Crippen LogP) is 13.1. The van der Waals surface area contributed by atoms with Crippen LogP contribution in [-0.4, -0.2) is 135 Å². The number of methoxy groups -OCH3 is 1. The highest BCUT2D eigenvalue weighted by atomic mass is 32.2. The molecule has 9 N–H and O–H groups in total. The second kappa shape index (κ2) is 31.9. The van der Waals surface area contributed by atoms with E-state index in [9.17, 15) is 27.6 Å². The normalized spacial score (nSPS) is 21.2. The molecule has 6 unspecified atom stereocenters.